The van der Waals surface area contributed by atoms with Gasteiger partial charge in [0.2, 0.25) is 5.91 Å². The van der Waals surface area contributed by atoms with Crippen LogP contribution in [0.2, 0.25) is 0 Å². The van der Waals surface area contributed by atoms with Crippen molar-refractivity contribution >= 4 is 40.6 Å². The number of carbonyl (C=O) groups is 3. The zero-order valence-corrected chi connectivity index (χ0v) is 21.9. The summed E-state index contributed by atoms with van der Waals surface area (Å²) < 4.78 is 14.8. The first kappa shape index (κ1) is 27.4. The van der Waals surface area contributed by atoms with Crippen LogP contribution in [0.5, 0.6) is 11.5 Å². The normalized spacial score (nSPS) is 11.6. The van der Waals surface area contributed by atoms with E-state index in [1.165, 1.54) is 31.5 Å². The number of benzene rings is 1. The Balaban J connectivity index is 2.22. The van der Waals surface area contributed by atoms with Crippen LogP contribution in [0.15, 0.2) is 42.7 Å². The molecule has 0 unspecified atom stereocenters. The number of nitrogens with zero attached hydrogens (tertiary/aromatic N) is 3. The average molecular weight is 527 g/mol. The van der Waals surface area contributed by atoms with Crippen LogP contribution in [-0.2, 0) is 4.79 Å². The van der Waals surface area contributed by atoms with Crippen molar-refractivity contribution in [2.75, 3.05) is 31.4 Å². The largest absolute Gasteiger partial charge is 0.497 e. The van der Waals surface area contributed by atoms with Crippen LogP contribution in [0.3, 0.4) is 0 Å². The molecular weight excluding hydrogens is 496 g/mol. The van der Waals surface area contributed by atoms with Crippen molar-refractivity contribution in [1.29, 1.82) is 0 Å². The van der Waals surface area contributed by atoms with E-state index >= 15 is 0 Å². The number of pyridine rings is 1. The van der Waals surface area contributed by atoms with Gasteiger partial charge in [0.25, 0.3) is 11.8 Å². The molecule has 0 bridgehead atoms. The number of primary amides is 1. The Hall–Kier alpha value is -4.19. The number of anilines is 2. The average Bonchev–Trinajstić information content (AvgIpc) is 3.28. The molecule has 0 saturated carbocycles. The summed E-state index contributed by atoms with van der Waals surface area (Å²) in [5.41, 5.74) is 11.9. The molecule has 3 rings (SSSR count). The molecule has 11 nitrogen and oxygen atoms in total. The molecule has 0 radical (unpaired) electrons. The van der Waals surface area contributed by atoms with Gasteiger partial charge in [0.1, 0.15) is 22.4 Å². The summed E-state index contributed by atoms with van der Waals surface area (Å²) in [6.07, 6.45) is 3.81. The highest BCUT2D eigenvalue weighted by Gasteiger charge is 2.37. The van der Waals surface area contributed by atoms with Crippen molar-refractivity contribution in [1.82, 2.24) is 14.7 Å². The monoisotopic (exact) mass is 526 g/mol. The van der Waals surface area contributed by atoms with Crippen molar-refractivity contribution in [3.05, 3.63) is 58.9 Å². The number of aromatic nitrogens is 2. The number of rotatable bonds is 11. The van der Waals surface area contributed by atoms with Gasteiger partial charge in [0, 0.05) is 25.0 Å². The minimum absolute atomic E-state index is 0.0410. The van der Waals surface area contributed by atoms with Gasteiger partial charge in [0.05, 0.1) is 25.6 Å². The summed E-state index contributed by atoms with van der Waals surface area (Å²) >= 11 is 0.726. The molecule has 0 saturated heterocycles. The number of nitrogen functional groups attached to an aromatic ring is 1. The van der Waals surface area contributed by atoms with Crippen LogP contribution < -0.4 is 31.2 Å². The maximum Gasteiger partial charge on any atom is 0.273 e. The highest BCUT2D eigenvalue weighted by Crippen LogP contribution is 2.39. The third-order valence-electron chi connectivity index (χ3n) is 5.57. The molecule has 37 heavy (non-hydrogen) atoms. The molecule has 196 valence electrons. The molecule has 5 N–H and O–H groups in total. The second-order valence-corrected chi connectivity index (χ2v) is 9.28. The molecule has 1 aromatic carbocycles. The van der Waals surface area contributed by atoms with Gasteiger partial charge in [0.15, 0.2) is 5.69 Å². The van der Waals surface area contributed by atoms with Crippen molar-refractivity contribution < 1.29 is 23.9 Å². The highest BCUT2D eigenvalue weighted by molar-refractivity contribution is 7.09. The maximum atomic E-state index is 14.1. The number of nitrogens with one attached hydrogen (secondary N) is 1. The van der Waals surface area contributed by atoms with E-state index in [0.717, 1.165) is 18.0 Å². The summed E-state index contributed by atoms with van der Waals surface area (Å²) in [6.45, 7) is 4.51. The molecule has 0 spiro atoms. The van der Waals surface area contributed by atoms with Gasteiger partial charge >= 0.3 is 0 Å². The van der Waals surface area contributed by atoms with Gasteiger partial charge in [-0.1, -0.05) is 13.8 Å². The Morgan fingerprint density at radius 2 is 1.81 bits per heavy atom. The van der Waals surface area contributed by atoms with Crippen LogP contribution in [0.1, 0.15) is 52.0 Å². The van der Waals surface area contributed by atoms with E-state index in [2.05, 4.69) is 14.7 Å². The summed E-state index contributed by atoms with van der Waals surface area (Å²) in [5.74, 6) is -0.812. The quantitative estimate of drug-likeness (QED) is 0.343. The summed E-state index contributed by atoms with van der Waals surface area (Å²) in [7, 11) is 2.94. The smallest absolute Gasteiger partial charge is 0.273 e. The molecule has 0 aliphatic carbocycles. The Kier molecular flexibility index (Phi) is 9.01. The fourth-order valence-electron chi connectivity index (χ4n) is 3.63. The van der Waals surface area contributed by atoms with Crippen LogP contribution in [0.25, 0.3) is 0 Å². The Bertz CT molecular complexity index is 1260. The van der Waals surface area contributed by atoms with E-state index in [9.17, 15) is 14.4 Å². The lowest BCUT2D eigenvalue weighted by Gasteiger charge is -2.32. The number of carbonyl (C=O) groups excluding carboxylic acids is 3. The van der Waals surface area contributed by atoms with E-state index in [-0.39, 0.29) is 27.7 Å². The first-order valence-corrected chi connectivity index (χ1v) is 12.2. The third kappa shape index (κ3) is 6.15. The molecule has 12 heteroatoms. The minimum Gasteiger partial charge on any atom is -0.497 e. The third-order valence-corrected chi connectivity index (χ3v) is 6.42. The van der Waals surface area contributed by atoms with Crippen molar-refractivity contribution in [2.24, 2.45) is 11.7 Å². The van der Waals surface area contributed by atoms with Gasteiger partial charge in [-0.05, 0) is 53.7 Å². The van der Waals surface area contributed by atoms with E-state index in [1.54, 1.807) is 30.3 Å². The maximum absolute atomic E-state index is 14.1. The van der Waals surface area contributed by atoms with E-state index in [4.69, 9.17) is 20.9 Å². The number of ether oxygens (including phenoxy) is 2. The zero-order valence-electron chi connectivity index (χ0n) is 21.1. The molecule has 0 aliphatic heterocycles. The van der Waals surface area contributed by atoms with Crippen molar-refractivity contribution in [3.63, 3.8) is 0 Å². The summed E-state index contributed by atoms with van der Waals surface area (Å²) in [6, 6.07) is 7.01. The molecule has 2 heterocycles. The van der Waals surface area contributed by atoms with Gasteiger partial charge < -0.3 is 26.3 Å². The van der Waals surface area contributed by atoms with Gasteiger partial charge in [-0.2, -0.15) is 4.37 Å². The Morgan fingerprint density at radius 3 is 2.38 bits per heavy atom. The predicted molar refractivity (Wildman–Crippen MR) is 141 cm³/mol. The van der Waals surface area contributed by atoms with Gasteiger partial charge in [-0.3, -0.25) is 24.3 Å². The Labute approximate surface area is 218 Å². The van der Waals surface area contributed by atoms with Crippen molar-refractivity contribution in [3.8, 4) is 11.5 Å². The second-order valence-electron chi connectivity index (χ2n) is 8.51. The minimum atomic E-state index is -1.14. The first-order valence-electron chi connectivity index (χ1n) is 11.5. The Morgan fingerprint density at radius 1 is 1.11 bits per heavy atom. The SMILES string of the molecule is COc1ccc(N(C(=O)c2snc(C(N)=O)c2N)[C@H](C(=O)NCCC(C)C)c2ccncc2)c(OC)c1. The van der Waals surface area contributed by atoms with Crippen LogP contribution in [-0.4, -0.2) is 47.8 Å². The zero-order chi connectivity index (χ0) is 27.1. The number of hydrogen-bond donors (Lipinski definition) is 3. The lowest BCUT2D eigenvalue weighted by molar-refractivity contribution is -0.122. The summed E-state index contributed by atoms with van der Waals surface area (Å²) in [4.78, 5) is 44.8. The molecule has 2 aromatic heterocycles. The molecule has 3 amide bonds. The topological polar surface area (TPSA) is 163 Å². The fourth-order valence-corrected chi connectivity index (χ4v) is 4.37. The molecular formula is C25H30N6O5S. The van der Waals surface area contributed by atoms with Crippen molar-refractivity contribution in [2.45, 2.75) is 26.3 Å². The van der Waals surface area contributed by atoms with Gasteiger partial charge in [-0.15, -0.1) is 0 Å². The first-order chi connectivity index (χ1) is 17.7. The van der Waals surface area contributed by atoms with Crippen LogP contribution in [0.4, 0.5) is 11.4 Å². The highest BCUT2D eigenvalue weighted by atomic mass is 32.1. The lowest BCUT2D eigenvalue weighted by atomic mass is 10.0. The van der Waals surface area contributed by atoms with Crippen LogP contribution >= 0.6 is 11.5 Å². The molecule has 3 aromatic rings. The number of nitrogens with two attached hydrogens (primary N) is 2. The van der Waals surface area contributed by atoms with Crippen LogP contribution in [0, 0.1) is 5.92 Å². The fraction of sp³-hybridized carbons (Fsp3) is 0.320. The van der Waals surface area contributed by atoms with Gasteiger partial charge in [-0.25, -0.2) is 0 Å². The standard InChI is InChI=1S/C25H30N6O5S/c1-14(2)7-12-29-24(33)21(15-8-10-28-11-9-15)31(17-6-5-16(35-3)13-18(17)36-4)25(34)22-19(26)20(23(27)32)30-37-22/h5-6,8-11,13-14,21H,7,12,26H2,1-4H3,(H2,27,32)(H,29,33)/t21-/m0/s1. The summed E-state index contributed by atoms with van der Waals surface area (Å²) in [5, 5.41) is 2.93. The lowest BCUT2D eigenvalue weighted by Crippen LogP contribution is -2.44. The molecule has 0 fully saturated rings. The number of amides is 3. The number of hydrogen-bond acceptors (Lipinski definition) is 9. The number of methoxy groups -OCH3 is 2. The molecule has 1 atom stereocenters. The van der Waals surface area contributed by atoms with E-state index < -0.39 is 23.8 Å². The van der Waals surface area contributed by atoms with E-state index in [0.29, 0.717) is 23.8 Å². The second kappa shape index (κ2) is 12.2. The van der Waals surface area contributed by atoms with E-state index in [1.807, 2.05) is 13.8 Å². The predicted octanol–water partition coefficient (Wildman–Crippen LogP) is 2.79. The molecule has 0 aliphatic rings.